The lowest BCUT2D eigenvalue weighted by Crippen LogP contribution is -1.94. The van der Waals surface area contributed by atoms with Crippen molar-refractivity contribution in [2.24, 2.45) is 5.10 Å². The SMILES string of the molecule is CCCCCC(=C/c1ccccc1)/C=N/Nc1nc2ccccc2[nH]1. The molecular weight excluding hydrogens is 308 g/mol. The molecular formula is C21H24N4. The normalized spacial score (nSPS) is 12.1. The lowest BCUT2D eigenvalue weighted by Gasteiger charge is -2.02. The third-order valence-corrected chi connectivity index (χ3v) is 4.01. The molecule has 2 aromatic carbocycles. The minimum atomic E-state index is 0.657. The molecule has 0 saturated heterocycles. The van der Waals surface area contributed by atoms with Gasteiger partial charge in [0.25, 0.3) is 0 Å². The number of nitrogens with one attached hydrogen (secondary N) is 2. The van der Waals surface area contributed by atoms with Crippen LogP contribution in [0.1, 0.15) is 38.2 Å². The number of H-pyrrole nitrogens is 1. The van der Waals surface area contributed by atoms with Crippen LogP contribution in [0.4, 0.5) is 5.95 Å². The molecule has 0 fully saturated rings. The lowest BCUT2D eigenvalue weighted by molar-refractivity contribution is 0.724. The number of aromatic nitrogens is 2. The first-order chi connectivity index (χ1) is 12.3. The highest BCUT2D eigenvalue weighted by molar-refractivity contribution is 5.86. The molecule has 0 unspecified atom stereocenters. The van der Waals surface area contributed by atoms with Crippen molar-refractivity contribution < 1.29 is 0 Å². The van der Waals surface area contributed by atoms with Gasteiger partial charge in [0.1, 0.15) is 0 Å². The molecule has 128 valence electrons. The molecule has 0 atom stereocenters. The van der Waals surface area contributed by atoms with Crippen LogP contribution in [0.5, 0.6) is 0 Å². The Labute approximate surface area is 148 Å². The van der Waals surface area contributed by atoms with Gasteiger partial charge in [-0.2, -0.15) is 5.10 Å². The summed E-state index contributed by atoms with van der Waals surface area (Å²) in [6, 6.07) is 18.3. The van der Waals surface area contributed by atoms with Gasteiger partial charge in [0, 0.05) is 0 Å². The van der Waals surface area contributed by atoms with Crippen molar-refractivity contribution in [3.05, 3.63) is 65.7 Å². The number of fused-ring (bicyclic) bond motifs is 1. The molecule has 0 amide bonds. The summed E-state index contributed by atoms with van der Waals surface area (Å²) >= 11 is 0. The van der Waals surface area contributed by atoms with Gasteiger partial charge in [-0.1, -0.05) is 68.3 Å². The summed E-state index contributed by atoms with van der Waals surface area (Å²) in [5.74, 6) is 0.657. The molecule has 0 bridgehead atoms. The quantitative estimate of drug-likeness (QED) is 0.319. The third-order valence-electron chi connectivity index (χ3n) is 4.01. The minimum Gasteiger partial charge on any atom is -0.323 e. The van der Waals surface area contributed by atoms with E-state index >= 15 is 0 Å². The maximum atomic E-state index is 4.47. The number of benzene rings is 2. The number of hydrogen-bond acceptors (Lipinski definition) is 3. The van der Waals surface area contributed by atoms with Gasteiger partial charge in [-0.05, 0) is 36.1 Å². The Balaban J connectivity index is 1.69. The van der Waals surface area contributed by atoms with Crippen LogP contribution < -0.4 is 5.43 Å². The number of rotatable bonds is 8. The molecule has 3 rings (SSSR count). The fraction of sp³-hybridized carbons (Fsp3) is 0.238. The van der Waals surface area contributed by atoms with Gasteiger partial charge >= 0.3 is 0 Å². The predicted molar refractivity (Wildman–Crippen MR) is 107 cm³/mol. The largest absolute Gasteiger partial charge is 0.323 e. The number of aromatic amines is 1. The zero-order valence-corrected chi connectivity index (χ0v) is 14.6. The molecule has 0 saturated carbocycles. The Kier molecular flexibility index (Phi) is 5.99. The van der Waals surface area contributed by atoms with Crippen molar-refractivity contribution >= 4 is 29.3 Å². The number of nitrogens with zero attached hydrogens (tertiary/aromatic N) is 2. The van der Waals surface area contributed by atoms with Gasteiger partial charge in [-0.15, -0.1) is 0 Å². The van der Waals surface area contributed by atoms with Crippen molar-refractivity contribution in [2.45, 2.75) is 32.6 Å². The number of anilines is 1. The fourth-order valence-corrected chi connectivity index (χ4v) is 2.70. The molecule has 0 spiro atoms. The molecule has 3 aromatic rings. The van der Waals surface area contributed by atoms with Crippen LogP contribution >= 0.6 is 0 Å². The van der Waals surface area contributed by atoms with E-state index in [1.807, 2.05) is 36.5 Å². The van der Waals surface area contributed by atoms with Crippen molar-refractivity contribution in [3.63, 3.8) is 0 Å². The van der Waals surface area contributed by atoms with Crippen molar-refractivity contribution in [2.75, 3.05) is 5.43 Å². The second kappa shape index (κ2) is 8.83. The molecule has 1 heterocycles. The summed E-state index contributed by atoms with van der Waals surface area (Å²) in [7, 11) is 0. The fourth-order valence-electron chi connectivity index (χ4n) is 2.70. The first kappa shape index (κ1) is 17.0. The highest BCUT2D eigenvalue weighted by atomic mass is 15.3. The van der Waals surface area contributed by atoms with Gasteiger partial charge in [0.2, 0.25) is 5.95 Å². The number of allylic oxidation sites excluding steroid dienone is 1. The van der Waals surface area contributed by atoms with E-state index in [-0.39, 0.29) is 0 Å². The van der Waals surface area contributed by atoms with Crippen LogP contribution in [0.15, 0.2) is 65.3 Å². The van der Waals surface area contributed by atoms with Gasteiger partial charge in [0.05, 0.1) is 17.2 Å². The Morgan fingerprint density at radius 2 is 1.88 bits per heavy atom. The molecule has 0 aliphatic rings. The number of imidazole rings is 1. The van der Waals surface area contributed by atoms with Gasteiger partial charge in [-0.3, -0.25) is 0 Å². The van der Waals surface area contributed by atoms with Crippen molar-refractivity contribution in [1.29, 1.82) is 0 Å². The first-order valence-corrected chi connectivity index (χ1v) is 8.84. The minimum absolute atomic E-state index is 0.657. The summed E-state index contributed by atoms with van der Waals surface area (Å²) in [5.41, 5.74) is 7.35. The average Bonchev–Trinajstić information content (AvgIpc) is 3.05. The number of hydrogen-bond donors (Lipinski definition) is 2. The smallest absolute Gasteiger partial charge is 0.222 e. The van der Waals surface area contributed by atoms with Gasteiger partial charge < -0.3 is 4.98 Å². The zero-order chi connectivity index (χ0) is 17.3. The van der Waals surface area contributed by atoms with E-state index in [4.69, 9.17) is 0 Å². The van der Waals surface area contributed by atoms with E-state index in [1.54, 1.807) is 0 Å². The molecule has 0 aliphatic heterocycles. The zero-order valence-electron chi connectivity index (χ0n) is 14.6. The Bertz CT molecular complexity index is 813. The third kappa shape index (κ3) is 5.05. The monoisotopic (exact) mass is 332 g/mol. The van der Waals surface area contributed by atoms with Crippen LogP contribution in [-0.4, -0.2) is 16.2 Å². The molecule has 0 aliphatic carbocycles. The van der Waals surface area contributed by atoms with E-state index in [2.05, 4.69) is 57.8 Å². The second-order valence-electron chi connectivity index (χ2n) is 6.06. The van der Waals surface area contributed by atoms with Gasteiger partial charge in [0.15, 0.2) is 0 Å². The second-order valence-corrected chi connectivity index (χ2v) is 6.06. The highest BCUT2D eigenvalue weighted by Gasteiger charge is 2.00. The molecule has 0 radical (unpaired) electrons. The average molecular weight is 332 g/mol. The number of para-hydroxylation sites is 2. The first-order valence-electron chi connectivity index (χ1n) is 8.84. The highest BCUT2D eigenvalue weighted by Crippen LogP contribution is 2.14. The van der Waals surface area contributed by atoms with E-state index < -0.39 is 0 Å². The molecule has 1 aromatic heterocycles. The molecule has 2 N–H and O–H groups in total. The van der Waals surface area contributed by atoms with Crippen LogP contribution in [0, 0.1) is 0 Å². The molecule has 25 heavy (non-hydrogen) atoms. The van der Waals surface area contributed by atoms with Crippen LogP contribution in [0.3, 0.4) is 0 Å². The topological polar surface area (TPSA) is 53.1 Å². The van der Waals surface area contributed by atoms with E-state index in [0.717, 1.165) is 17.5 Å². The van der Waals surface area contributed by atoms with Crippen LogP contribution in [-0.2, 0) is 0 Å². The van der Waals surface area contributed by atoms with Crippen molar-refractivity contribution in [3.8, 4) is 0 Å². The standard InChI is InChI=1S/C21H24N4/c1-2-3-5-12-18(15-17-10-6-4-7-11-17)16-22-25-21-23-19-13-8-9-14-20(19)24-21/h4,6-11,13-16H,2-3,5,12H2,1H3,(H2,23,24,25)/b18-15-,22-16+. The Morgan fingerprint density at radius 3 is 2.68 bits per heavy atom. The molecule has 4 nitrogen and oxygen atoms in total. The summed E-state index contributed by atoms with van der Waals surface area (Å²) in [5, 5.41) is 4.38. The lowest BCUT2D eigenvalue weighted by atomic mass is 10.1. The van der Waals surface area contributed by atoms with E-state index in [1.165, 1.54) is 30.4 Å². The maximum absolute atomic E-state index is 4.47. The van der Waals surface area contributed by atoms with Gasteiger partial charge in [-0.25, -0.2) is 10.4 Å². The maximum Gasteiger partial charge on any atom is 0.222 e. The van der Waals surface area contributed by atoms with Crippen LogP contribution in [0.25, 0.3) is 17.1 Å². The Morgan fingerprint density at radius 1 is 1.08 bits per heavy atom. The van der Waals surface area contributed by atoms with Crippen LogP contribution in [0.2, 0.25) is 0 Å². The summed E-state index contributed by atoms with van der Waals surface area (Å²) in [6.07, 6.45) is 8.74. The number of unbranched alkanes of at least 4 members (excludes halogenated alkanes) is 2. The Hall–Kier alpha value is -2.88. The van der Waals surface area contributed by atoms with E-state index in [9.17, 15) is 0 Å². The molecule has 4 heteroatoms. The van der Waals surface area contributed by atoms with Crippen molar-refractivity contribution in [1.82, 2.24) is 9.97 Å². The summed E-state index contributed by atoms with van der Waals surface area (Å²) in [4.78, 5) is 7.68. The summed E-state index contributed by atoms with van der Waals surface area (Å²) in [6.45, 7) is 2.22. The summed E-state index contributed by atoms with van der Waals surface area (Å²) < 4.78 is 0. The number of hydrazone groups is 1. The van der Waals surface area contributed by atoms with E-state index in [0.29, 0.717) is 5.95 Å². The predicted octanol–water partition coefficient (Wildman–Crippen LogP) is 5.62.